The van der Waals surface area contributed by atoms with Crippen LogP contribution in [0.1, 0.15) is 32.1 Å². The predicted octanol–water partition coefficient (Wildman–Crippen LogP) is 3.49. The molecule has 2 aliphatic rings. The molecule has 2 fully saturated rings. The summed E-state index contributed by atoms with van der Waals surface area (Å²) in [5, 5.41) is 5.36. The van der Waals surface area contributed by atoms with Crippen molar-refractivity contribution in [2.24, 2.45) is 5.92 Å². The highest BCUT2D eigenvalue weighted by atomic mass is 32.1. The van der Waals surface area contributed by atoms with E-state index in [1.807, 2.05) is 28.5 Å². The molecule has 1 aliphatic heterocycles. The van der Waals surface area contributed by atoms with Crippen LogP contribution in [0.2, 0.25) is 0 Å². The number of carbonyl (C=O) groups excluding carboxylic acids is 2. The van der Waals surface area contributed by atoms with Crippen LogP contribution in [0.25, 0.3) is 11.3 Å². The summed E-state index contributed by atoms with van der Waals surface area (Å²) in [6.07, 6.45) is 5.64. The van der Waals surface area contributed by atoms with Gasteiger partial charge in [-0.1, -0.05) is 19.3 Å². The Labute approximate surface area is 198 Å². The molecule has 0 atom stereocenters. The average molecular weight is 473 g/mol. The summed E-state index contributed by atoms with van der Waals surface area (Å²) in [6, 6.07) is 5.56. The van der Waals surface area contributed by atoms with Gasteiger partial charge >= 0.3 is 0 Å². The maximum atomic E-state index is 12.7. The van der Waals surface area contributed by atoms with Crippen LogP contribution in [0, 0.1) is 5.92 Å². The van der Waals surface area contributed by atoms with Crippen molar-refractivity contribution < 1.29 is 19.1 Å². The smallest absolute Gasteiger partial charge is 0.240 e. The van der Waals surface area contributed by atoms with Gasteiger partial charge in [-0.15, -0.1) is 11.3 Å². The number of aromatic nitrogens is 1. The lowest BCUT2D eigenvalue weighted by molar-refractivity contribution is -0.138. The number of hydrogen-bond acceptors (Lipinski definition) is 7. The van der Waals surface area contributed by atoms with Gasteiger partial charge in [0.15, 0.2) is 5.13 Å². The van der Waals surface area contributed by atoms with Crippen LogP contribution in [0.15, 0.2) is 23.6 Å². The monoisotopic (exact) mass is 472 g/mol. The summed E-state index contributed by atoms with van der Waals surface area (Å²) in [6.45, 7) is 3.13. The number of hydrogen-bond donors (Lipinski definition) is 1. The molecule has 1 aliphatic carbocycles. The van der Waals surface area contributed by atoms with Crippen LogP contribution in [0.3, 0.4) is 0 Å². The number of nitrogens with one attached hydrogen (secondary N) is 1. The molecule has 1 N–H and O–H groups in total. The fourth-order valence-corrected chi connectivity index (χ4v) is 5.29. The summed E-state index contributed by atoms with van der Waals surface area (Å²) in [5.74, 6) is 1.79. The third kappa shape index (κ3) is 5.83. The van der Waals surface area contributed by atoms with E-state index in [1.165, 1.54) is 30.6 Å². The Morgan fingerprint density at radius 2 is 1.85 bits per heavy atom. The van der Waals surface area contributed by atoms with Gasteiger partial charge in [0.2, 0.25) is 11.8 Å². The lowest BCUT2D eigenvalue weighted by Gasteiger charge is -2.36. The zero-order valence-electron chi connectivity index (χ0n) is 19.3. The van der Waals surface area contributed by atoms with E-state index in [4.69, 9.17) is 9.47 Å². The molecule has 178 valence electrons. The number of ether oxygens (including phenoxy) is 2. The molecule has 0 bridgehead atoms. The predicted molar refractivity (Wildman–Crippen MR) is 129 cm³/mol. The van der Waals surface area contributed by atoms with Gasteiger partial charge in [-0.3, -0.25) is 14.5 Å². The topological polar surface area (TPSA) is 84.0 Å². The Balaban J connectivity index is 1.27. The molecule has 0 unspecified atom stereocenters. The van der Waals surface area contributed by atoms with Gasteiger partial charge in [-0.05, 0) is 25.0 Å². The third-order valence-electron chi connectivity index (χ3n) is 6.44. The average Bonchev–Trinajstić information content (AvgIpc) is 3.32. The van der Waals surface area contributed by atoms with Gasteiger partial charge in [0, 0.05) is 49.1 Å². The van der Waals surface area contributed by atoms with E-state index in [1.54, 1.807) is 14.2 Å². The molecule has 0 spiro atoms. The Hall–Kier alpha value is -2.65. The van der Waals surface area contributed by atoms with Crippen LogP contribution >= 0.6 is 11.3 Å². The van der Waals surface area contributed by atoms with E-state index >= 15 is 0 Å². The SMILES string of the molecule is COc1ccc(-c2csc(NC(=O)CN3CCN(C(=O)C4CCCCC4)CC3)n2)c(OC)c1. The number of rotatable bonds is 7. The molecule has 1 saturated heterocycles. The number of benzene rings is 1. The second kappa shape index (κ2) is 11.0. The second-order valence-electron chi connectivity index (χ2n) is 8.59. The van der Waals surface area contributed by atoms with Gasteiger partial charge in [-0.25, -0.2) is 4.98 Å². The molecule has 8 nitrogen and oxygen atoms in total. The van der Waals surface area contributed by atoms with E-state index in [9.17, 15) is 9.59 Å². The molecule has 2 amide bonds. The van der Waals surface area contributed by atoms with E-state index in [-0.39, 0.29) is 11.8 Å². The molecule has 0 radical (unpaired) electrons. The van der Waals surface area contributed by atoms with Crippen LogP contribution in [0.5, 0.6) is 11.5 Å². The lowest BCUT2D eigenvalue weighted by atomic mass is 9.88. The Kier molecular flexibility index (Phi) is 7.82. The van der Waals surface area contributed by atoms with Crippen LogP contribution in [-0.2, 0) is 9.59 Å². The summed E-state index contributed by atoms with van der Waals surface area (Å²) >= 11 is 1.38. The quantitative estimate of drug-likeness (QED) is 0.664. The number of anilines is 1. The summed E-state index contributed by atoms with van der Waals surface area (Å²) in [7, 11) is 3.22. The summed E-state index contributed by atoms with van der Waals surface area (Å²) in [5.41, 5.74) is 1.58. The Morgan fingerprint density at radius 3 is 2.55 bits per heavy atom. The molecular formula is C24H32N4O4S. The van der Waals surface area contributed by atoms with E-state index in [2.05, 4.69) is 15.2 Å². The Bertz CT molecular complexity index is 965. The number of amides is 2. The van der Waals surface area contributed by atoms with E-state index in [0.717, 1.165) is 37.2 Å². The number of nitrogens with zero attached hydrogens (tertiary/aromatic N) is 3. The van der Waals surface area contributed by atoms with Crippen LogP contribution in [-0.4, -0.2) is 73.5 Å². The minimum atomic E-state index is -0.0929. The highest BCUT2D eigenvalue weighted by molar-refractivity contribution is 7.14. The molecule has 4 rings (SSSR count). The lowest BCUT2D eigenvalue weighted by Crippen LogP contribution is -2.52. The van der Waals surface area contributed by atoms with Crippen molar-refractivity contribution in [1.82, 2.24) is 14.8 Å². The molecule has 1 saturated carbocycles. The van der Waals surface area contributed by atoms with Gasteiger partial charge in [0.25, 0.3) is 0 Å². The number of thiazole rings is 1. The van der Waals surface area contributed by atoms with Crippen molar-refractivity contribution in [3.63, 3.8) is 0 Å². The largest absolute Gasteiger partial charge is 0.497 e. The van der Waals surface area contributed by atoms with Crippen molar-refractivity contribution >= 4 is 28.3 Å². The van der Waals surface area contributed by atoms with E-state index < -0.39 is 0 Å². The fourth-order valence-electron chi connectivity index (χ4n) is 4.56. The molecule has 2 heterocycles. The number of piperazine rings is 1. The normalized spacial score (nSPS) is 17.6. The highest BCUT2D eigenvalue weighted by Crippen LogP contribution is 2.34. The molecule has 9 heteroatoms. The van der Waals surface area contributed by atoms with Gasteiger partial charge in [0.1, 0.15) is 11.5 Å². The number of carbonyl (C=O) groups is 2. The van der Waals surface area contributed by atoms with Crippen molar-refractivity contribution in [2.75, 3.05) is 52.3 Å². The fraction of sp³-hybridized carbons (Fsp3) is 0.542. The molecular weight excluding hydrogens is 440 g/mol. The van der Waals surface area contributed by atoms with Crippen molar-refractivity contribution in [1.29, 1.82) is 0 Å². The molecule has 33 heavy (non-hydrogen) atoms. The summed E-state index contributed by atoms with van der Waals surface area (Å²) in [4.78, 5) is 34.0. The van der Waals surface area contributed by atoms with Gasteiger partial charge in [0.05, 0.1) is 26.5 Å². The zero-order valence-corrected chi connectivity index (χ0v) is 20.2. The van der Waals surface area contributed by atoms with Crippen molar-refractivity contribution in [3.8, 4) is 22.8 Å². The standard InChI is InChI=1S/C24H32N4O4S/c1-31-18-8-9-19(21(14-18)32-2)20-16-33-24(25-20)26-22(29)15-27-10-12-28(13-11-27)23(30)17-6-4-3-5-7-17/h8-9,14,16-17H,3-7,10-13,15H2,1-2H3,(H,25,26,29). The molecule has 2 aromatic rings. The molecule has 1 aromatic carbocycles. The third-order valence-corrected chi connectivity index (χ3v) is 7.20. The first-order chi connectivity index (χ1) is 16.1. The second-order valence-corrected chi connectivity index (χ2v) is 9.45. The van der Waals surface area contributed by atoms with Gasteiger partial charge in [-0.2, -0.15) is 0 Å². The number of methoxy groups -OCH3 is 2. The zero-order chi connectivity index (χ0) is 23.2. The van der Waals surface area contributed by atoms with E-state index in [0.29, 0.717) is 42.2 Å². The minimum Gasteiger partial charge on any atom is -0.497 e. The Morgan fingerprint density at radius 1 is 1.09 bits per heavy atom. The maximum absolute atomic E-state index is 12.7. The maximum Gasteiger partial charge on any atom is 0.240 e. The van der Waals surface area contributed by atoms with Crippen LogP contribution < -0.4 is 14.8 Å². The van der Waals surface area contributed by atoms with Crippen molar-refractivity contribution in [2.45, 2.75) is 32.1 Å². The first kappa shape index (κ1) is 23.5. The van der Waals surface area contributed by atoms with Crippen molar-refractivity contribution in [3.05, 3.63) is 23.6 Å². The highest BCUT2D eigenvalue weighted by Gasteiger charge is 2.29. The summed E-state index contributed by atoms with van der Waals surface area (Å²) < 4.78 is 10.7. The first-order valence-electron chi connectivity index (χ1n) is 11.6. The minimum absolute atomic E-state index is 0.0929. The molecule has 1 aromatic heterocycles. The van der Waals surface area contributed by atoms with Gasteiger partial charge < -0.3 is 19.7 Å². The first-order valence-corrected chi connectivity index (χ1v) is 12.4. The van der Waals surface area contributed by atoms with Crippen LogP contribution in [0.4, 0.5) is 5.13 Å².